The van der Waals surface area contributed by atoms with Crippen molar-refractivity contribution in [2.45, 2.75) is 44.6 Å². The Hall–Kier alpha value is -0.0800. The first-order valence-corrected chi connectivity index (χ1v) is 5.70. The summed E-state index contributed by atoms with van der Waals surface area (Å²) in [6.07, 6.45) is 6.09. The van der Waals surface area contributed by atoms with Gasteiger partial charge in [0.2, 0.25) is 0 Å². The predicted octanol–water partition coefficient (Wildman–Crippen LogP) is 1.54. The van der Waals surface area contributed by atoms with Crippen molar-refractivity contribution in [3.05, 3.63) is 0 Å². The van der Waals surface area contributed by atoms with Crippen molar-refractivity contribution in [3.63, 3.8) is 0 Å². The minimum absolute atomic E-state index is 0.345. The van der Waals surface area contributed by atoms with Crippen LogP contribution in [0.1, 0.15) is 39.0 Å². The fraction of sp³-hybridized carbons (Fsp3) is 1.00. The molecule has 13 heavy (non-hydrogen) atoms. The van der Waals surface area contributed by atoms with E-state index in [9.17, 15) is 5.11 Å². The average Bonchev–Trinajstić information content (AvgIpc) is 2.52. The van der Waals surface area contributed by atoms with Gasteiger partial charge in [-0.3, -0.25) is 0 Å². The maximum Gasteiger partial charge on any atom is 0.0725 e. The van der Waals surface area contributed by atoms with Gasteiger partial charge in [0.25, 0.3) is 0 Å². The molecule has 1 aliphatic heterocycles. The largest absolute Gasteiger partial charge is 0.389 e. The van der Waals surface area contributed by atoms with Crippen LogP contribution in [0.3, 0.4) is 0 Å². The van der Waals surface area contributed by atoms with Crippen LogP contribution in [-0.4, -0.2) is 23.8 Å². The topological polar surface area (TPSA) is 32.3 Å². The Balaban J connectivity index is 2.03. The third kappa shape index (κ3) is 1.50. The lowest BCUT2D eigenvalue weighted by molar-refractivity contribution is -0.0873. The Morgan fingerprint density at radius 2 is 1.85 bits per heavy atom. The molecule has 1 aliphatic carbocycles. The zero-order valence-corrected chi connectivity index (χ0v) is 8.55. The maximum atomic E-state index is 10.6. The molecule has 1 saturated carbocycles. The highest BCUT2D eigenvalue weighted by molar-refractivity contribution is 4.98. The zero-order chi connectivity index (χ0) is 9.31. The standard InChI is InChI=1S/C11H21NO/c1-2-11(13,10-7-12-8-10)9-5-3-4-6-9/h9-10,12-13H,2-8H2,1H3. The highest BCUT2D eigenvalue weighted by Gasteiger charge is 2.45. The number of aliphatic hydroxyl groups is 1. The first-order chi connectivity index (χ1) is 6.27. The molecule has 2 rings (SSSR count). The van der Waals surface area contributed by atoms with E-state index in [2.05, 4.69) is 12.2 Å². The normalized spacial score (nSPS) is 30.0. The molecule has 2 heteroatoms. The lowest BCUT2D eigenvalue weighted by atomic mass is 9.71. The molecule has 0 aromatic heterocycles. The minimum Gasteiger partial charge on any atom is -0.389 e. The third-order valence-corrected chi connectivity index (χ3v) is 4.12. The lowest BCUT2D eigenvalue weighted by Crippen LogP contribution is -2.58. The molecule has 0 bridgehead atoms. The van der Waals surface area contributed by atoms with Gasteiger partial charge in [0.15, 0.2) is 0 Å². The number of rotatable bonds is 3. The molecule has 0 aromatic carbocycles. The summed E-state index contributed by atoms with van der Waals surface area (Å²) in [4.78, 5) is 0. The Labute approximate surface area is 80.7 Å². The van der Waals surface area contributed by atoms with Gasteiger partial charge in [-0.05, 0) is 25.2 Å². The highest BCUT2D eigenvalue weighted by atomic mass is 16.3. The van der Waals surface area contributed by atoms with Gasteiger partial charge in [-0.15, -0.1) is 0 Å². The van der Waals surface area contributed by atoms with Gasteiger partial charge in [-0.1, -0.05) is 19.8 Å². The molecule has 0 aromatic rings. The number of hydrogen-bond donors (Lipinski definition) is 2. The van der Waals surface area contributed by atoms with E-state index in [1.54, 1.807) is 0 Å². The summed E-state index contributed by atoms with van der Waals surface area (Å²) in [7, 11) is 0. The molecule has 2 nitrogen and oxygen atoms in total. The van der Waals surface area contributed by atoms with Crippen LogP contribution >= 0.6 is 0 Å². The van der Waals surface area contributed by atoms with E-state index >= 15 is 0 Å². The summed E-state index contributed by atoms with van der Waals surface area (Å²) in [5.74, 6) is 1.12. The van der Waals surface area contributed by atoms with Crippen LogP contribution in [-0.2, 0) is 0 Å². The van der Waals surface area contributed by atoms with Crippen LogP contribution in [0.5, 0.6) is 0 Å². The smallest absolute Gasteiger partial charge is 0.0725 e. The summed E-state index contributed by atoms with van der Waals surface area (Å²) in [5.41, 5.74) is -0.345. The lowest BCUT2D eigenvalue weighted by Gasteiger charge is -2.45. The number of hydrogen-bond acceptors (Lipinski definition) is 2. The fourth-order valence-electron chi connectivity index (χ4n) is 2.98. The molecule has 2 fully saturated rings. The van der Waals surface area contributed by atoms with Crippen molar-refractivity contribution in [1.29, 1.82) is 0 Å². The Morgan fingerprint density at radius 3 is 2.23 bits per heavy atom. The monoisotopic (exact) mass is 183 g/mol. The molecular weight excluding hydrogens is 162 g/mol. The fourth-order valence-corrected chi connectivity index (χ4v) is 2.98. The Bertz CT molecular complexity index is 173. The molecule has 1 atom stereocenters. The summed E-state index contributed by atoms with van der Waals surface area (Å²) >= 11 is 0. The van der Waals surface area contributed by atoms with Crippen molar-refractivity contribution in [1.82, 2.24) is 5.32 Å². The minimum atomic E-state index is -0.345. The molecule has 2 N–H and O–H groups in total. The Morgan fingerprint density at radius 1 is 1.23 bits per heavy atom. The van der Waals surface area contributed by atoms with Gasteiger partial charge < -0.3 is 10.4 Å². The summed E-state index contributed by atoms with van der Waals surface area (Å²) in [5, 5.41) is 13.9. The molecule has 2 aliphatic rings. The molecule has 0 amide bonds. The zero-order valence-electron chi connectivity index (χ0n) is 8.55. The van der Waals surface area contributed by atoms with Crippen molar-refractivity contribution in [3.8, 4) is 0 Å². The van der Waals surface area contributed by atoms with E-state index < -0.39 is 0 Å². The quantitative estimate of drug-likeness (QED) is 0.695. The van der Waals surface area contributed by atoms with Crippen molar-refractivity contribution in [2.75, 3.05) is 13.1 Å². The maximum absolute atomic E-state index is 10.6. The van der Waals surface area contributed by atoms with Crippen molar-refractivity contribution in [2.24, 2.45) is 11.8 Å². The highest BCUT2D eigenvalue weighted by Crippen LogP contribution is 2.41. The van der Waals surface area contributed by atoms with E-state index in [0.717, 1.165) is 19.5 Å². The van der Waals surface area contributed by atoms with Crippen LogP contribution in [0.25, 0.3) is 0 Å². The second-order valence-corrected chi connectivity index (χ2v) is 4.68. The second-order valence-electron chi connectivity index (χ2n) is 4.68. The van der Waals surface area contributed by atoms with E-state index in [1.165, 1.54) is 25.7 Å². The van der Waals surface area contributed by atoms with Gasteiger partial charge in [0.1, 0.15) is 0 Å². The SMILES string of the molecule is CCC(O)(C1CCCC1)C1CNC1. The van der Waals surface area contributed by atoms with Crippen molar-refractivity contribution < 1.29 is 5.11 Å². The van der Waals surface area contributed by atoms with Crippen LogP contribution in [0.4, 0.5) is 0 Å². The average molecular weight is 183 g/mol. The van der Waals surface area contributed by atoms with Gasteiger partial charge >= 0.3 is 0 Å². The van der Waals surface area contributed by atoms with Gasteiger partial charge in [-0.2, -0.15) is 0 Å². The summed E-state index contributed by atoms with van der Waals surface area (Å²) in [6, 6.07) is 0. The molecule has 76 valence electrons. The van der Waals surface area contributed by atoms with Crippen LogP contribution in [0.15, 0.2) is 0 Å². The Kier molecular flexibility index (Phi) is 2.61. The predicted molar refractivity (Wildman–Crippen MR) is 53.6 cm³/mol. The van der Waals surface area contributed by atoms with Gasteiger partial charge in [0.05, 0.1) is 5.60 Å². The molecule has 1 heterocycles. The van der Waals surface area contributed by atoms with Crippen LogP contribution < -0.4 is 5.32 Å². The van der Waals surface area contributed by atoms with E-state index in [4.69, 9.17) is 0 Å². The van der Waals surface area contributed by atoms with Crippen LogP contribution in [0.2, 0.25) is 0 Å². The van der Waals surface area contributed by atoms with E-state index in [-0.39, 0.29) is 5.60 Å². The van der Waals surface area contributed by atoms with Crippen molar-refractivity contribution >= 4 is 0 Å². The van der Waals surface area contributed by atoms with Gasteiger partial charge in [0, 0.05) is 19.0 Å². The molecule has 1 saturated heterocycles. The third-order valence-electron chi connectivity index (χ3n) is 4.12. The second kappa shape index (κ2) is 3.58. The summed E-state index contributed by atoms with van der Waals surface area (Å²) in [6.45, 7) is 4.19. The first kappa shape index (κ1) is 9.47. The number of nitrogens with one attached hydrogen (secondary N) is 1. The molecular formula is C11H21NO. The molecule has 1 unspecified atom stereocenters. The summed E-state index contributed by atoms with van der Waals surface area (Å²) < 4.78 is 0. The van der Waals surface area contributed by atoms with E-state index in [0.29, 0.717) is 11.8 Å². The van der Waals surface area contributed by atoms with Gasteiger partial charge in [-0.25, -0.2) is 0 Å². The molecule has 0 radical (unpaired) electrons. The first-order valence-electron chi connectivity index (χ1n) is 5.70. The molecule has 0 spiro atoms. The van der Waals surface area contributed by atoms with Crippen LogP contribution in [0, 0.1) is 11.8 Å². The van der Waals surface area contributed by atoms with E-state index in [1.807, 2.05) is 0 Å².